The smallest absolute Gasteiger partial charge is 0.433 e. The van der Waals surface area contributed by atoms with Crippen LogP contribution in [0.25, 0.3) is 11.3 Å². The number of ether oxygens (including phenoxy) is 1. The first-order chi connectivity index (χ1) is 15.6. The van der Waals surface area contributed by atoms with Gasteiger partial charge < -0.3 is 9.64 Å². The second-order valence-corrected chi connectivity index (χ2v) is 8.44. The molecule has 0 aliphatic rings. The minimum absolute atomic E-state index is 0.0331. The Morgan fingerprint density at radius 3 is 2.48 bits per heavy atom. The maximum absolute atomic E-state index is 13.4. The van der Waals surface area contributed by atoms with Crippen molar-refractivity contribution < 1.29 is 22.7 Å². The number of thioether (sulfide) groups is 1. The van der Waals surface area contributed by atoms with Gasteiger partial charge in [0.2, 0.25) is 5.91 Å². The Balaban J connectivity index is 1.69. The van der Waals surface area contributed by atoms with Gasteiger partial charge >= 0.3 is 6.18 Å². The number of aryl methyl sites for hydroxylation is 1. The molecule has 2 heterocycles. The van der Waals surface area contributed by atoms with Crippen molar-refractivity contribution in [1.29, 1.82) is 0 Å². The van der Waals surface area contributed by atoms with Gasteiger partial charge in [-0.1, -0.05) is 11.8 Å². The maximum Gasteiger partial charge on any atom is 0.433 e. The number of rotatable bonds is 8. The second kappa shape index (κ2) is 10.2. The zero-order chi connectivity index (χ0) is 24.2. The summed E-state index contributed by atoms with van der Waals surface area (Å²) >= 11 is 1.02. The first kappa shape index (κ1) is 24.6. The molecule has 0 N–H and O–H groups in total. The lowest BCUT2D eigenvalue weighted by Gasteiger charge is -2.17. The van der Waals surface area contributed by atoms with Gasteiger partial charge in [-0.15, -0.1) is 0 Å². The highest BCUT2D eigenvalue weighted by Gasteiger charge is 2.34. The van der Waals surface area contributed by atoms with E-state index in [0.29, 0.717) is 17.9 Å². The molecule has 0 saturated heterocycles. The molecule has 0 aliphatic carbocycles. The molecule has 1 aromatic carbocycles. The van der Waals surface area contributed by atoms with E-state index in [1.54, 1.807) is 47.1 Å². The molecule has 3 rings (SSSR count). The van der Waals surface area contributed by atoms with Crippen LogP contribution in [0.3, 0.4) is 0 Å². The van der Waals surface area contributed by atoms with Gasteiger partial charge in [-0.25, -0.2) is 9.97 Å². The quantitative estimate of drug-likeness (QED) is 0.353. The zero-order valence-electron chi connectivity index (χ0n) is 18.7. The minimum atomic E-state index is -4.61. The fraction of sp³-hybridized carbons (Fsp3) is 0.364. The summed E-state index contributed by atoms with van der Waals surface area (Å²) in [7, 11) is 5.02. The maximum atomic E-state index is 13.4. The van der Waals surface area contributed by atoms with E-state index in [0.717, 1.165) is 29.1 Å². The van der Waals surface area contributed by atoms with Crippen molar-refractivity contribution >= 4 is 17.7 Å². The minimum Gasteiger partial charge on any atom is -0.497 e. The summed E-state index contributed by atoms with van der Waals surface area (Å²) in [5, 5.41) is 4.13. The van der Waals surface area contributed by atoms with E-state index in [9.17, 15) is 18.0 Å². The number of benzene rings is 1. The number of carbonyl (C=O) groups excluding carboxylic acids is 1. The van der Waals surface area contributed by atoms with E-state index in [1.807, 2.05) is 14.0 Å². The van der Waals surface area contributed by atoms with Crippen LogP contribution in [0.2, 0.25) is 0 Å². The molecule has 176 valence electrons. The van der Waals surface area contributed by atoms with Gasteiger partial charge in [0.25, 0.3) is 0 Å². The molecular formula is C22H24F3N5O2S. The predicted molar refractivity (Wildman–Crippen MR) is 119 cm³/mol. The van der Waals surface area contributed by atoms with Crippen LogP contribution in [0.4, 0.5) is 13.2 Å². The number of alkyl halides is 3. The molecule has 0 radical (unpaired) electrons. The van der Waals surface area contributed by atoms with Crippen LogP contribution >= 0.6 is 11.8 Å². The Morgan fingerprint density at radius 2 is 1.91 bits per heavy atom. The first-order valence-electron chi connectivity index (χ1n) is 10.0. The van der Waals surface area contributed by atoms with E-state index in [4.69, 9.17) is 4.74 Å². The van der Waals surface area contributed by atoms with Crippen LogP contribution in [0, 0.1) is 6.92 Å². The summed E-state index contributed by atoms with van der Waals surface area (Å²) in [6, 6.07) is 7.48. The molecule has 0 saturated carbocycles. The van der Waals surface area contributed by atoms with Crippen molar-refractivity contribution in [3.8, 4) is 17.0 Å². The van der Waals surface area contributed by atoms with Crippen LogP contribution in [-0.2, 0) is 24.6 Å². The molecule has 0 unspecified atom stereocenters. The van der Waals surface area contributed by atoms with E-state index >= 15 is 0 Å². The lowest BCUT2D eigenvalue weighted by atomic mass is 10.1. The number of hydrogen-bond donors (Lipinski definition) is 0. The molecule has 11 heteroatoms. The van der Waals surface area contributed by atoms with Crippen molar-refractivity contribution in [2.24, 2.45) is 7.05 Å². The van der Waals surface area contributed by atoms with Crippen LogP contribution in [0.15, 0.2) is 41.7 Å². The number of amides is 1. The molecule has 2 aromatic heterocycles. The summed E-state index contributed by atoms with van der Waals surface area (Å²) in [5.74, 6) is 0.703. The van der Waals surface area contributed by atoms with Crippen molar-refractivity contribution in [2.75, 3.05) is 19.9 Å². The molecular weight excluding hydrogens is 455 g/mol. The summed E-state index contributed by atoms with van der Waals surface area (Å²) < 4.78 is 47.0. The third-order valence-corrected chi connectivity index (χ3v) is 5.95. The SMILES string of the molecule is COc1ccc(-c2cc(C(F)(F)F)nc(SCCC(=O)N(C)Cc3cnn(C)c3C)n2)cc1. The lowest BCUT2D eigenvalue weighted by Crippen LogP contribution is -2.26. The van der Waals surface area contributed by atoms with Crippen LogP contribution < -0.4 is 4.74 Å². The molecule has 1 amide bonds. The normalized spacial score (nSPS) is 11.5. The Morgan fingerprint density at radius 1 is 1.21 bits per heavy atom. The molecule has 0 aliphatic heterocycles. The second-order valence-electron chi connectivity index (χ2n) is 7.37. The fourth-order valence-corrected chi connectivity index (χ4v) is 3.79. The predicted octanol–water partition coefficient (Wildman–Crippen LogP) is 4.35. The molecule has 33 heavy (non-hydrogen) atoms. The Hall–Kier alpha value is -3.08. The van der Waals surface area contributed by atoms with Gasteiger partial charge in [0.1, 0.15) is 11.4 Å². The largest absolute Gasteiger partial charge is 0.497 e. The van der Waals surface area contributed by atoms with E-state index in [1.165, 1.54) is 7.11 Å². The highest BCUT2D eigenvalue weighted by atomic mass is 32.2. The lowest BCUT2D eigenvalue weighted by molar-refractivity contribution is -0.141. The number of hydrogen-bond acceptors (Lipinski definition) is 6. The van der Waals surface area contributed by atoms with E-state index in [-0.39, 0.29) is 28.9 Å². The molecule has 0 bridgehead atoms. The van der Waals surface area contributed by atoms with Gasteiger partial charge in [0, 0.05) is 49.6 Å². The molecule has 7 nitrogen and oxygen atoms in total. The third-order valence-electron chi connectivity index (χ3n) is 5.10. The number of carbonyl (C=O) groups is 1. The zero-order valence-corrected chi connectivity index (χ0v) is 19.5. The van der Waals surface area contributed by atoms with Crippen LogP contribution in [0.1, 0.15) is 23.4 Å². The van der Waals surface area contributed by atoms with Crippen molar-refractivity contribution in [2.45, 2.75) is 31.2 Å². The van der Waals surface area contributed by atoms with E-state index < -0.39 is 11.9 Å². The number of halogens is 3. The Kier molecular flexibility index (Phi) is 7.62. The molecule has 3 aromatic rings. The summed E-state index contributed by atoms with van der Waals surface area (Å²) in [6.45, 7) is 2.33. The van der Waals surface area contributed by atoms with Gasteiger partial charge in [-0.05, 0) is 37.3 Å². The Labute approximate surface area is 194 Å². The Bertz CT molecular complexity index is 1120. The first-order valence-corrected chi connectivity index (χ1v) is 11.0. The van der Waals surface area contributed by atoms with Gasteiger partial charge in [0.05, 0.1) is 19.0 Å². The topological polar surface area (TPSA) is 73.1 Å². The average molecular weight is 480 g/mol. The van der Waals surface area contributed by atoms with Gasteiger partial charge in [-0.3, -0.25) is 9.48 Å². The highest BCUT2D eigenvalue weighted by molar-refractivity contribution is 7.99. The number of methoxy groups -OCH3 is 1. The van der Waals surface area contributed by atoms with Crippen molar-refractivity contribution in [3.05, 3.63) is 53.5 Å². The van der Waals surface area contributed by atoms with Gasteiger partial charge in [-0.2, -0.15) is 18.3 Å². The van der Waals surface area contributed by atoms with Crippen molar-refractivity contribution in [3.63, 3.8) is 0 Å². The van der Waals surface area contributed by atoms with Crippen LogP contribution in [-0.4, -0.2) is 50.5 Å². The summed E-state index contributed by atoms with van der Waals surface area (Å²) in [6.07, 6.45) is -2.76. The van der Waals surface area contributed by atoms with E-state index in [2.05, 4.69) is 15.1 Å². The van der Waals surface area contributed by atoms with Crippen molar-refractivity contribution in [1.82, 2.24) is 24.6 Å². The number of nitrogens with zero attached hydrogens (tertiary/aromatic N) is 5. The monoisotopic (exact) mass is 479 g/mol. The highest BCUT2D eigenvalue weighted by Crippen LogP contribution is 2.32. The summed E-state index contributed by atoms with van der Waals surface area (Å²) in [4.78, 5) is 22.0. The average Bonchev–Trinajstić information content (AvgIpc) is 3.10. The molecule has 0 atom stereocenters. The van der Waals surface area contributed by atoms with Crippen LogP contribution in [0.5, 0.6) is 5.75 Å². The molecule has 0 fully saturated rings. The third kappa shape index (κ3) is 6.25. The van der Waals surface area contributed by atoms with Gasteiger partial charge in [0.15, 0.2) is 5.16 Å². The molecule has 0 spiro atoms. The standard InChI is InChI=1S/C22H24F3N5O2S/c1-14-16(12-26-30(14)3)13-29(2)20(31)9-10-33-21-27-18(11-19(28-21)22(23,24)25)15-5-7-17(32-4)8-6-15/h5-8,11-12H,9-10,13H2,1-4H3. The fourth-order valence-electron chi connectivity index (χ4n) is 3.01. The number of aromatic nitrogens is 4. The summed E-state index contributed by atoms with van der Waals surface area (Å²) in [5.41, 5.74) is 1.53.